The van der Waals surface area contributed by atoms with Crippen molar-refractivity contribution < 1.29 is 19.1 Å². The van der Waals surface area contributed by atoms with Gasteiger partial charge in [0.15, 0.2) is 5.71 Å². The fourth-order valence-corrected chi connectivity index (χ4v) is 2.09. The van der Waals surface area contributed by atoms with E-state index in [1.54, 1.807) is 19.2 Å². The van der Waals surface area contributed by atoms with Crippen LogP contribution < -0.4 is 4.74 Å². The minimum Gasteiger partial charge on any atom is -0.497 e. The Kier molecular flexibility index (Phi) is 4.02. The summed E-state index contributed by atoms with van der Waals surface area (Å²) in [5, 5.41) is 5.33. The van der Waals surface area contributed by atoms with Crippen molar-refractivity contribution in [3.8, 4) is 5.75 Å². The van der Waals surface area contributed by atoms with Crippen LogP contribution in [0.1, 0.15) is 18.4 Å². The zero-order valence-corrected chi connectivity index (χ0v) is 11.6. The van der Waals surface area contributed by atoms with Crippen molar-refractivity contribution in [3.63, 3.8) is 0 Å². The molecule has 1 heterocycles. The largest absolute Gasteiger partial charge is 0.497 e. The van der Waals surface area contributed by atoms with Crippen LogP contribution in [0.25, 0.3) is 0 Å². The van der Waals surface area contributed by atoms with Gasteiger partial charge in [0, 0.05) is 6.92 Å². The summed E-state index contributed by atoms with van der Waals surface area (Å²) in [6.07, 6.45) is 0. The summed E-state index contributed by atoms with van der Waals surface area (Å²) in [5.41, 5.74) is 1.13. The molecule has 6 heteroatoms. The zero-order valence-electron chi connectivity index (χ0n) is 11.6. The van der Waals surface area contributed by atoms with Gasteiger partial charge in [0.25, 0.3) is 0 Å². The second-order valence-corrected chi connectivity index (χ2v) is 4.40. The summed E-state index contributed by atoms with van der Waals surface area (Å²) in [7, 11) is 2.88. The van der Waals surface area contributed by atoms with E-state index >= 15 is 0 Å². The Morgan fingerprint density at radius 3 is 2.40 bits per heavy atom. The number of hydrogen-bond acceptors (Lipinski definition) is 5. The summed E-state index contributed by atoms with van der Waals surface area (Å²) < 4.78 is 9.83. The third-order valence-corrected chi connectivity index (χ3v) is 3.19. The average molecular weight is 276 g/mol. The lowest BCUT2D eigenvalue weighted by Crippen LogP contribution is -2.24. The lowest BCUT2D eigenvalue weighted by Gasteiger charge is -2.13. The Morgan fingerprint density at radius 1 is 1.25 bits per heavy atom. The summed E-state index contributed by atoms with van der Waals surface area (Å²) in [5.74, 6) is -0.277. The normalized spacial score (nSPS) is 17.6. The highest BCUT2D eigenvalue weighted by atomic mass is 16.5. The standard InChI is InChI=1S/C14H16N2O4/c1-9(17)16-8-12(13(15-16)14(18)20-3)10-4-6-11(19-2)7-5-10/h4-7,12H,8H2,1-3H3. The van der Waals surface area contributed by atoms with Crippen LogP contribution in [0.3, 0.4) is 0 Å². The van der Waals surface area contributed by atoms with Crippen LogP contribution in [0.4, 0.5) is 0 Å². The molecule has 1 amide bonds. The number of methoxy groups -OCH3 is 2. The monoisotopic (exact) mass is 276 g/mol. The van der Waals surface area contributed by atoms with Crippen LogP contribution in [0.2, 0.25) is 0 Å². The molecule has 0 spiro atoms. The van der Waals surface area contributed by atoms with E-state index < -0.39 is 5.97 Å². The van der Waals surface area contributed by atoms with Crippen LogP contribution >= 0.6 is 0 Å². The SMILES string of the molecule is COC(=O)C1=NN(C(C)=O)CC1c1ccc(OC)cc1. The van der Waals surface area contributed by atoms with Gasteiger partial charge in [0.2, 0.25) is 5.91 Å². The molecule has 1 aromatic carbocycles. The molecule has 1 unspecified atom stereocenters. The third kappa shape index (κ3) is 2.64. The Labute approximate surface area is 117 Å². The minimum atomic E-state index is -0.519. The van der Waals surface area contributed by atoms with Crippen molar-refractivity contribution in [1.29, 1.82) is 0 Å². The van der Waals surface area contributed by atoms with Gasteiger partial charge in [-0.3, -0.25) is 4.79 Å². The maximum absolute atomic E-state index is 11.8. The highest BCUT2D eigenvalue weighted by Gasteiger charge is 2.34. The van der Waals surface area contributed by atoms with E-state index in [1.807, 2.05) is 12.1 Å². The predicted octanol–water partition coefficient (Wildman–Crippen LogP) is 1.17. The van der Waals surface area contributed by atoms with Gasteiger partial charge in [0.05, 0.1) is 26.7 Å². The molecular weight excluding hydrogens is 260 g/mol. The average Bonchev–Trinajstić information content (AvgIpc) is 2.92. The van der Waals surface area contributed by atoms with E-state index in [4.69, 9.17) is 9.47 Å². The van der Waals surface area contributed by atoms with Crippen molar-refractivity contribution in [2.24, 2.45) is 5.10 Å². The van der Waals surface area contributed by atoms with Gasteiger partial charge in [-0.15, -0.1) is 0 Å². The van der Waals surface area contributed by atoms with E-state index in [-0.39, 0.29) is 17.5 Å². The quantitative estimate of drug-likeness (QED) is 0.777. The molecular formula is C14H16N2O4. The molecule has 20 heavy (non-hydrogen) atoms. The van der Waals surface area contributed by atoms with Gasteiger partial charge in [-0.1, -0.05) is 12.1 Å². The second kappa shape index (κ2) is 5.73. The first-order valence-corrected chi connectivity index (χ1v) is 6.15. The number of hydrazone groups is 1. The highest BCUT2D eigenvalue weighted by molar-refractivity contribution is 6.39. The fraction of sp³-hybridized carbons (Fsp3) is 0.357. The smallest absolute Gasteiger partial charge is 0.354 e. The summed E-state index contributed by atoms with van der Waals surface area (Å²) >= 11 is 0. The van der Waals surface area contributed by atoms with Gasteiger partial charge in [-0.25, -0.2) is 9.80 Å². The van der Waals surface area contributed by atoms with E-state index in [9.17, 15) is 9.59 Å². The van der Waals surface area contributed by atoms with Crippen molar-refractivity contribution in [2.75, 3.05) is 20.8 Å². The second-order valence-electron chi connectivity index (χ2n) is 4.40. The Bertz CT molecular complexity index is 551. The Morgan fingerprint density at radius 2 is 1.90 bits per heavy atom. The van der Waals surface area contributed by atoms with Crippen LogP contribution in [-0.4, -0.2) is 43.4 Å². The van der Waals surface area contributed by atoms with Gasteiger partial charge >= 0.3 is 5.97 Å². The number of carbonyl (C=O) groups excluding carboxylic acids is 2. The van der Waals surface area contributed by atoms with Crippen LogP contribution in [0.15, 0.2) is 29.4 Å². The molecule has 0 fully saturated rings. The zero-order chi connectivity index (χ0) is 14.7. The van der Waals surface area contributed by atoms with Crippen LogP contribution in [0.5, 0.6) is 5.75 Å². The van der Waals surface area contributed by atoms with E-state index in [0.717, 1.165) is 11.3 Å². The molecule has 1 atom stereocenters. The number of hydrogen-bond donors (Lipinski definition) is 0. The molecule has 0 saturated carbocycles. The van der Waals surface area contributed by atoms with Crippen molar-refractivity contribution in [1.82, 2.24) is 5.01 Å². The minimum absolute atomic E-state index is 0.206. The number of amides is 1. The van der Waals surface area contributed by atoms with Crippen molar-refractivity contribution in [2.45, 2.75) is 12.8 Å². The number of carbonyl (C=O) groups is 2. The Balaban J connectivity index is 2.31. The first kappa shape index (κ1) is 14.0. The molecule has 1 aliphatic heterocycles. The van der Waals surface area contributed by atoms with Gasteiger partial charge in [-0.05, 0) is 17.7 Å². The van der Waals surface area contributed by atoms with Crippen molar-refractivity contribution in [3.05, 3.63) is 29.8 Å². The molecule has 0 radical (unpaired) electrons. The van der Waals surface area contributed by atoms with Gasteiger partial charge in [-0.2, -0.15) is 5.10 Å². The molecule has 1 aliphatic rings. The molecule has 2 rings (SSSR count). The number of ether oxygens (including phenoxy) is 2. The Hall–Kier alpha value is -2.37. The highest BCUT2D eigenvalue weighted by Crippen LogP contribution is 2.27. The maximum Gasteiger partial charge on any atom is 0.354 e. The molecule has 0 aromatic heterocycles. The molecule has 1 aromatic rings. The molecule has 6 nitrogen and oxygen atoms in total. The third-order valence-electron chi connectivity index (χ3n) is 3.19. The lowest BCUT2D eigenvalue weighted by molar-refractivity contribution is -0.132. The van der Waals surface area contributed by atoms with Crippen LogP contribution in [-0.2, 0) is 14.3 Å². The summed E-state index contributed by atoms with van der Waals surface area (Å²) in [6, 6.07) is 7.32. The number of rotatable bonds is 3. The first-order chi connectivity index (χ1) is 9.56. The summed E-state index contributed by atoms with van der Waals surface area (Å²) in [4.78, 5) is 23.2. The first-order valence-electron chi connectivity index (χ1n) is 6.15. The van der Waals surface area contributed by atoms with Crippen LogP contribution in [0, 0.1) is 0 Å². The topological polar surface area (TPSA) is 68.2 Å². The lowest BCUT2D eigenvalue weighted by atomic mass is 9.94. The molecule has 0 saturated heterocycles. The predicted molar refractivity (Wildman–Crippen MR) is 72.6 cm³/mol. The molecule has 0 bridgehead atoms. The number of benzene rings is 1. The van der Waals surface area contributed by atoms with E-state index in [2.05, 4.69) is 5.10 Å². The molecule has 106 valence electrons. The fourth-order valence-electron chi connectivity index (χ4n) is 2.09. The molecule has 0 aliphatic carbocycles. The number of nitrogens with zero attached hydrogens (tertiary/aromatic N) is 2. The maximum atomic E-state index is 11.8. The van der Waals surface area contributed by atoms with E-state index in [0.29, 0.717) is 6.54 Å². The van der Waals surface area contributed by atoms with Gasteiger partial charge < -0.3 is 9.47 Å². The van der Waals surface area contributed by atoms with Gasteiger partial charge in [0.1, 0.15) is 5.75 Å². The number of esters is 1. The summed E-state index contributed by atoms with van der Waals surface area (Å²) in [6.45, 7) is 1.75. The molecule has 0 N–H and O–H groups in total. The van der Waals surface area contributed by atoms with E-state index in [1.165, 1.54) is 19.0 Å². The van der Waals surface area contributed by atoms with Crippen molar-refractivity contribution >= 4 is 17.6 Å².